The smallest absolute Gasteiger partial charge is 0.246 e. The number of aromatic nitrogens is 2. The van der Waals surface area contributed by atoms with E-state index in [1.54, 1.807) is 23.9 Å². The Morgan fingerprint density at radius 1 is 1.21 bits per heavy atom. The zero-order chi connectivity index (χ0) is 20.9. The summed E-state index contributed by atoms with van der Waals surface area (Å²) in [4.78, 5) is 12.5. The van der Waals surface area contributed by atoms with Crippen molar-refractivity contribution < 1.29 is 13.2 Å². The van der Waals surface area contributed by atoms with Crippen LogP contribution >= 0.6 is 23.1 Å². The molecule has 0 fully saturated rings. The molecular formula is C18H26N4O3S3. The summed E-state index contributed by atoms with van der Waals surface area (Å²) in [6, 6.07) is 7.21. The first kappa shape index (κ1) is 22.6. The second-order valence-electron chi connectivity index (χ2n) is 7.11. The molecule has 0 atom stereocenters. The molecule has 0 saturated heterocycles. The molecule has 1 amide bonds. The first-order valence-electron chi connectivity index (χ1n) is 8.90. The number of carbonyl (C=O) groups excluding carboxylic acids is 1. The van der Waals surface area contributed by atoms with Crippen molar-refractivity contribution >= 4 is 49.8 Å². The van der Waals surface area contributed by atoms with Gasteiger partial charge in [0.15, 0.2) is 4.34 Å². The third-order valence-electron chi connectivity index (χ3n) is 3.71. The van der Waals surface area contributed by atoms with Gasteiger partial charge in [-0.15, -0.1) is 10.2 Å². The molecule has 2 rings (SSSR count). The highest BCUT2D eigenvalue weighted by atomic mass is 32.2. The summed E-state index contributed by atoms with van der Waals surface area (Å²) in [6.07, 6.45) is 1.10. The highest BCUT2D eigenvalue weighted by Crippen LogP contribution is 2.30. The number of hydrogen-bond donors (Lipinski definition) is 1. The van der Waals surface area contributed by atoms with Crippen LogP contribution in [0.1, 0.15) is 39.2 Å². The van der Waals surface area contributed by atoms with Crippen LogP contribution in [0.5, 0.6) is 0 Å². The summed E-state index contributed by atoms with van der Waals surface area (Å²) in [6.45, 7) is 7.88. The van der Waals surface area contributed by atoms with Gasteiger partial charge in [-0.05, 0) is 23.5 Å². The summed E-state index contributed by atoms with van der Waals surface area (Å²) in [5, 5.41) is 11.0. The Labute approximate surface area is 175 Å². The monoisotopic (exact) mass is 442 g/mol. The van der Waals surface area contributed by atoms with Gasteiger partial charge < -0.3 is 0 Å². The van der Waals surface area contributed by atoms with Gasteiger partial charge in [-0.2, -0.15) is 0 Å². The molecule has 154 valence electrons. The minimum absolute atomic E-state index is 0.118. The third kappa shape index (κ3) is 6.46. The lowest BCUT2D eigenvalue weighted by Gasteiger charge is -2.25. The molecule has 0 aliphatic heterocycles. The zero-order valence-electron chi connectivity index (χ0n) is 16.7. The van der Waals surface area contributed by atoms with Crippen LogP contribution < -0.4 is 9.62 Å². The number of nitrogens with zero attached hydrogens (tertiary/aromatic N) is 3. The minimum Gasteiger partial charge on any atom is -0.299 e. The van der Waals surface area contributed by atoms with Gasteiger partial charge in [0.05, 0.1) is 11.9 Å². The van der Waals surface area contributed by atoms with Gasteiger partial charge in [-0.3, -0.25) is 14.4 Å². The van der Waals surface area contributed by atoms with Crippen LogP contribution in [-0.4, -0.2) is 43.1 Å². The van der Waals surface area contributed by atoms with Crippen LogP contribution in [0.25, 0.3) is 0 Å². The molecule has 0 aliphatic rings. The standard InChI is InChI=1S/C18H26N4O3S3/c1-12(2)11-26-18-21-20-17(27-18)19-16(23)10-22(28(5,24)25)15-9-7-6-8-14(15)13(3)4/h6-9,12-13H,10-11H2,1-5H3,(H,19,20,23). The Balaban J connectivity index is 2.15. The van der Waals surface area contributed by atoms with E-state index < -0.39 is 15.9 Å². The number of para-hydroxylation sites is 1. The van der Waals surface area contributed by atoms with Crippen molar-refractivity contribution in [2.75, 3.05) is 28.2 Å². The normalized spacial score (nSPS) is 11.8. The highest BCUT2D eigenvalue weighted by Gasteiger charge is 2.24. The van der Waals surface area contributed by atoms with Crippen LogP contribution in [0.2, 0.25) is 0 Å². The number of anilines is 2. The van der Waals surface area contributed by atoms with Gasteiger partial charge in [-0.25, -0.2) is 8.42 Å². The van der Waals surface area contributed by atoms with Crippen molar-refractivity contribution in [3.8, 4) is 0 Å². The van der Waals surface area contributed by atoms with E-state index in [-0.39, 0.29) is 12.5 Å². The summed E-state index contributed by atoms with van der Waals surface area (Å²) in [5.41, 5.74) is 1.38. The lowest BCUT2D eigenvalue weighted by molar-refractivity contribution is -0.114. The maximum Gasteiger partial charge on any atom is 0.246 e. The first-order chi connectivity index (χ1) is 13.1. The summed E-state index contributed by atoms with van der Waals surface area (Å²) in [7, 11) is -3.64. The maximum atomic E-state index is 12.5. The van der Waals surface area contributed by atoms with Crippen molar-refractivity contribution in [1.29, 1.82) is 0 Å². The minimum atomic E-state index is -3.64. The van der Waals surface area contributed by atoms with Crippen molar-refractivity contribution in [2.24, 2.45) is 5.92 Å². The van der Waals surface area contributed by atoms with E-state index in [1.165, 1.54) is 11.3 Å². The summed E-state index contributed by atoms with van der Waals surface area (Å²) in [5.74, 6) is 1.10. The Morgan fingerprint density at radius 3 is 2.50 bits per heavy atom. The molecule has 0 spiro atoms. The molecule has 0 aliphatic carbocycles. The highest BCUT2D eigenvalue weighted by molar-refractivity contribution is 8.01. The van der Waals surface area contributed by atoms with Crippen molar-refractivity contribution in [1.82, 2.24) is 10.2 Å². The average molecular weight is 443 g/mol. The average Bonchev–Trinajstić information content (AvgIpc) is 3.04. The number of sulfonamides is 1. The Hall–Kier alpha value is -1.65. The molecule has 0 radical (unpaired) electrons. The topological polar surface area (TPSA) is 92.3 Å². The lowest BCUT2D eigenvalue weighted by atomic mass is 10.0. The van der Waals surface area contributed by atoms with Crippen molar-refractivity contribution in [2.45, 2.75) is 38.0 Å². The van der Waals surface area contributed by atoms with E-state index in [2.05, 4.69) is 29.4 Å². The molecule has 0 saturated carbocycles. The summed E-state index contributed by atoms with van der Waals surface area (Å²) >= 11 is 2.87. The largest absolute Gasteiger partial charge is 0.299 e. The molecule has 7 nitrogen and oxygen atoms in total. The van der Waals surface area contributed by atoms with Gasteiger partial charge in [0, 0.05) is 5.75 Å². The molecule has 1 heterocycles. The molecular weight excluding hydrogens is 416 g/mol. The third-order valence-corrected chi connectivity index (χ3v) is 7.23. The van der Waals surface area contributed by atoms with E-state index in [4.69, 9.17) is 0 Å². The van der Waals surface area contributed by atoms with Gasteiger partial charge in [-0.1, -0.05) is 69.0 Å². The fourth-order valence-electron chi connectivity index (χ4n) is 2.43. The number of carbonyl (C=O) groups is 1. The predicted octanol–water partition coefficient (Wildman–Crippen LogP) is 3.81. The number of nitrogens with one attached hydrogen (secondary N) is 1. The molecule has 1 N–H and O–H groups in total. The molecule has 1 aromatic carbocycles. The molecule has 28 heavy (non-hydrogen) atoms. The number of benzene rings is 1. The number of thioether (sulfide) groups is 1. The Kier molecular flexibility index (Phi) is 7.85. The van der Waals surface area contributed by atoms with Crippen LogP contribution in [0, 0.1) is 5.92 Å². The summed E-state index contributed by atoms with van der Waals surface area (Å²) < 4.78 is 26.6. The van der Waals surface area contributed by atoms with Gasteiger partial charge in [0.25, 0.3) is 0 Å². The van der Waals surface area contributed by atoms with E-state index >= 15 is 0 Å². The second-order valence-corrected chi connectivity index (χ2v) is 11.3. The van der Waals surface area contributed by atoms with E-state index in [0.717, 1.165) is 26.2 Å². The van der Waals surface area contributed by atoms with E-state index in [0.29, 0.717) is 16.7 Å². The molecule has 2 aromatic rings. The Bertz CT molecular complexity index is 910. The van der Waals surface area contributed by atoms with Crippen molar-refractivity contribution in [3.05, 3.63) is 29.8 Å². The predicted molar refractivity (Wildman–Crippen MR) is 117 cm³/mol. The van der Waals surface area contributed by atoms with Gasteiger partial charge in [0.2, 0.25) is 21.1 Å². The van der Waals surface area contributed by atoms with Crippen molar-refractivity contribution in [3.63, 3.8) is 0 Å². The van der Waals surface area contributed by atoms with Crippen LogP contribution in [0.4, 0.5) is 10.8 Å². The van der Waals surface area contributed by atoms with Gasteiger partial charge in [0.1, 0.15) is 6.54 Å². The fraction of sp³-hybridized carbons (Fsp3) is 0.500. The van der Waals surface area contributed by atoms with Crippen LogP contribution in [0.3, 0.4) is 0 Å². The van der Waals surface area contributed by atoms with E-state index in [9.17, 15) is 13.2 Å². The fourth-order valence-corrected chi connectivity index (χ4v) is 5.05. The maximum absolute atomic E-state index is 12.5. The number of hydrogen-bond acceptors (Lipinski definition) is 7. The second kappa shape index (κ2) is 9.71. The Morgan fingerprint density at radius 2 is 1.89 bits per heavy atom. The lowest BCUT2D eigenvalue weighted by Crippen LogP contribution is -2.38. The number of amides is 1. The molecule has 0 unspecified atom stereocenters. The van der Waals surface area contributed by atoms with Crippen LogP contribution in [-0.2, 0) is 14.8 Å². The zero-order valence-corrected chi connectivity index (χ0v) is 19.1. The van der Waals surface area contributed by atoms with Crippen LogP contribution in [0.15, 0.2) is 28.6 Å². The first-order valence-corrected chi connectivity index (χ1v) is 12.6. The van der Waals surface area contributed by atoms with Gasteiger partial charge >= 0.3 is 0 Å². The molecule has 1 aromatic heterocycles. The quantitative estimate of drug-likeness (QED) is 0.469. The SMILES string of the molecule is CC(C)CSc1nnc(NC(=O)CN(c2ccccc2C(C)C)S(C)(=O)=O)s1. The molecule has 10 heteroatoms. The molecule has 0 bridgehead atoms. The van der Waals surface area contributed by atoms with E-state index in [1.807, 2.05) is 26.0 Å². The number of rotatable bonds is 9.